The van der Waals surface area contributed by atoms with E-state index in [9.17, 15) is 0 Å². The summed E-state index contributed by atoms with van der Waals surface area (Å²) in [5.41, 5.74) is 0. The van der Waals surface area contributed by atoms with E-state index in [1.54, 1.807) is 19.3 Å². The van der Waals surface area contributed by atoms with E-state index in [1.165, 1.54) is 0 Å². The van der Waals surface area contributed by atoms with E-state index in [2.05, 4.69) is 11.6 Å². The first-order valence-corrected chi connectivity index (χ1v) is 2.78. The lowest BCUT2D eigenvalue weighted by atomic mass is 10.4. The lowest BCUT2D eigenvalue weighted by molar-refractivity contribution is 1.48. The molecule has 0 aliphatic carbocycles. The van der Waals surface area contributed by atoms with Crippen LogP contribution in [0.15, 0.2) is 42.0 Å². The summed E-state index contributed by atoms with van der Waals surface area (Å²) in [7, 11) is 1.74. The van der Waals surface area contributed by atoms with Crippen molar-refractivity contribution in [3.05, 3.63) is 37.0 Å². The van der Waals surface area contributed by atoms with Crippen molar-refractivity contribution in [2.24, 2.45) is 4.99 Å². The Balaban J connectivity index is 3.46. The molecule has 0 amide bonds. The molecule has 0 N–H and O–H groups in total. The Kier molecular flexibility index (Phi) is 6.04. The fourth-order valence-corrected chi connectivity index (χ4v) is 0.343. The van der Waals surface area contributed by atoms with Crippen molar-refractivity contribution in [3.8, 4) is 0 Å². The van der Waals surface area contributed by atoms with Crippen LogP contribution >= 0.6 is 0 Å². The first-order chi connectivity index (χ1) is 4.41. The molecule has 9 heavy (non-hydrogen) atoms. The highest BCUT2D eigenvalue weighted by molar-refractivity contribution is 5.71. The third-order valence-corrected chi connectivity index (χ3v) is 0.705. The zero-order chi connectivity index (χ0) is 6.95. The summed E-state index contributed by atoms with van der Waals surface area (Å²) in [6.45, 7) is 3.52. The molecule has 0 fully saturated rings. The summed E-state index contributed by atoms with van der Waals surface area (Å²) < 4.78 is 0. The number of hydrogen-bond donors (Lipinski definition) is 0. The first kappa shape index (κ1) is 7.89. The zero-order valence-corrected chi connectivity index (χ0v) is 5.62. The van der Waals surface area contributed by atoms with Gasteiger partial charge in [0.2, 0.25) is 0 Å². The molecule has 0 saturated carbocycles. The van der Waals surface area contributed by atoms with E-state index in [0.717, 1.165) is 0 Å². The van der Waals surface area contributed by atoms with Crippen molar-refractivity contribution in [1.82, 2.24) is 0 Å². The Bertz CT molecular complexity index is 141. The molecule has 0 aliphatic heterocycles. The minimum absolute atomic E-state index is 1.73. The lowest BCUT2D eigenvalue weighted by Gasteiger charge is -1.69. The van der Waals surface area contributed by atoms with Gasteiger partial charge in [-0.05, 0) is 6.08 Å². The standard InChI is InChI=1S/C8H11N/c1-3-4-5-6-7-8-9-2/h3-8H,1H2,2H3/b5-4-,7-6-,9-8-. The second-order valence-electron chi connectivity index (χ2n) is 1.41. The number of allylic oxidation sites excluding steroid dienone is 5. The average Bonchev–Trinajstić information content (AvgIpc) is 1.89. The number of nitrogens with zero attached hydrogens (tertiary/aromatic N) is 1. The van der Waals surface area contributed by atoms with Crippen molar-refractivity contribution >= 4 is 6.21 Å². The smallest absolute Gasteiger partial charge is 0.0277 e. The molecule has 0 atom stereocenters. The van der Waals surface area contributed by atoms with Crippen molar-refractivity contribution < 1.29 is 0 Å². The predicted molar refractivity (Wildman–Crippen MR) is 42.9 cm³/mol. The predicted octanol–water partition coefficient (Wildman–Crippen LogP) is 1.99. The molecule has 0 spiro atoms. The third kappa shape index (κ3) is 6.89. The Hall–Kier alpha value is -1.11. The van der Waals surface area contributed by atoms with Crippen molar-refractivity contribution in [1.29, 1.82) is 0 Å². The van der Waals surface area contributed by atoms with Crippen LogP contribution in [0.5, 0.6) is 0 Å². The van der Waals surface area contributed by atoms with E-state index >= 15 is 0 Å². The van der Waals surface area contributed by atoms with Crippen LogP contribution < -0.4 is 0 Å². The summed E-state index contributed by atoms with van der Waals surface area (Å²) in [4.78, 5) is 3.76. The highest BCUT2D eigenvalue weighted by Gasteiger charge is 1.57. The molecule has 0 saturated heterocycles. The van der Waals surface area contributed by atoms with Gasteiger partial charge >= 0.3 is 0 Å². The number of rotatable bonds is 3. The monoisotopic (exact) mass is 121 g/mol. The van der Waals surface area contributed by atoms with Gasteiger partial charge in [0.1, 0.15) is 0 Å². The first-order valence-electron chi connectivity index (χ1n) is 2.78. The molecule has 0 rings (SSSR count). The molecule has 48 valence electrons. The molecule has 0 aromatic heterocycles. The maximum atomic E-state index is 3.76. The second kappa shape index (κ2) is 6.89. The molecule has 1 nitrogen and oxygen atoms in total. The maximum absolute atomic E-state index is 3.76. The molecule has 0 aliphatic rings. The fraction of sp³-hybridized carbons (Fsp3) is 0.125. The van der Waals surface area contributed by atoms with Crippen LogP contribution in [-0.2, 0) is 0 Å². The van der Waals surface area contributed by atoms with Crippen molar-refractivity contribution in [2.45, 2.75) is 0 Å². The van der Waals surface area contributed by atoms with E-state index in [-0.39, 0.29) is 0 Å². The lowest BCUT2D eigenvalue weighted by Crippen LogP contribution is -1.58. The van der Waals surface area contributed by atoms with Gasteiger partial charge in [0.15, 0.2) is 0 Å². The zero-order valence-electron chi connectivity index (χ0n) is 5.62. The van der Waals surface area contributed by atoms with Gasteiger partial charge in [0.25, 0.3) is 0 Å². The Morgan fingerprint density at radius 2 is 1.78 bits per heavy atom. The topological polar surface area (TPSA) is 12.4 Å². The van der Waals surface area contributed by atoms with E-state index in [1.807, 2.05) is 24.3 Å². The molecule has 0 aromatic carbocycles. The second-order valence-corrected chi connectivity index (χ2v) is 1.41. The highest BCUT2D eigenvalue weighted by atomic mass is 14.6. The van der Waals surface area contributed by atoms with Gasteiger partial charge in [-0.3, -0.25) is 4.99 Å². The van der Waals surface area contributed by atoms with Crippen LogP contribution in [0.25, 0.3) is 0 Å². The fourth-order valence-electron chi connectivity index (χ4n) is 0.343. The summed E-state index contributed by atoms with van der Waals surface area (Å²) in [5, 5.41) is 0. The van der Waals surface area contributed by atoms with Gasteiger partial charge in [-0.15, -0.1) is 0 Å². The van der Waals surface area contributed by atoms with E-state index in [4.69, 9.17) is 0 Å². The Labute approximate surface area is 56.1 Å². The highest BCUT2D eigenvalue weighted by Crippen LogP contribution is 1.74. The molecular weight excluding hydrogens is 110 g/mol. The molecule has 0 bridgehead atoms. The van der Waals surface area contributed by atoms with Crippen LogP contribution in [0.1, 0.15) is 0 Å². The average molecular weight is 121 g/mol. The van der Waals surface area contributed by atoms with Gasteiger partial charge in [-0.1, -0.05) is 30.9 Å². The molecular formula is C8H11N. The van der Waals surface area contributed by atoms with Gasteiger partial charge in [0.05, 0.1) is 0 Å². The van der Waals surface area contributed by atoms with Crippen LogP contribution in [0.4, 0.5) is 0 Å². The summed E-state index contributed by atoms with van der Waals surface area (Å²) in [6, 6.07) is 0. The SMILES string of the molecule is C=C\C=C/C=C\C=N/C. The summed E-state index contributed by atoms with van der Waals surface area (Å²) in [5.74, 6) is 0. The molecule has 1 heteroatoms. The van der Waals surface area contributed by atoms with E-state index < -0.39 is 0 Å². The van der Waals surface area contributed by atoms with Crippen LogP contribution in [0, 0.1) is 0 Å². The van der Waals surface area contributed by atoms with Gasteiger partial charge < -0.3 is 0 Å². The third-order valence-electron chi connectivity index (χ3n) is 0.705. The van der Waals surface area contributed by atoms with Crippen molar-refractivity contribution in [2.75, 3.05) is 7.05 Å². The quantitative estimate of drug-likeness (QED) is 0.400. The van der Waals surface area contributed by atoms with Gasteiger partial charge in [0, 0.05) is 13.3 Å². The maximum Gasteiger partial charge on any atom is 0.0277 e. The minimum Gasteiger partial charge on any atom is -0.297 e. The molecule has 0 radical (unpaired) electrons. The van der Waals surface area contributed by atoms with Gasteiger partial charge in [-0.2, -0.15) is 0 Å². The van der Waals surface area contributed by atoms with Crippen LogP contribution in [0.2, 0.25) is 0 Å². The Morgan fingerprint density at radius 3 is 2.33 bits per heavy atom. The Morgan fingerprint density at radius 1 is 1.11 bits per heavy atom. The van der Waals surface area contributed by atoms with Crippen molar-refractivity contribution in [3.63, 3.8) is 0 Å². The molecule has 0 aromatic rings. The minimum atomic E-state index is 1.73. The molecule has 0 unspecified atom stereocenters. The molecule has 0 heterocycles. The largest absolute Gasteiger partial charge is 0.297 e. The number of aliphatic imine (C=N–C) groups is 1. The normalized spacial score (nSPS) is 12.1. The number of hydrogen-bond acceptors (Lipinski definition) is 1. The van der Waals surface area contributed by atoms with E-state index in [0.29, 0.717) is 0 Å². The van der Waals surface area contributed by atoms with Crippen LogP contribution in [-0.4, -0.2) is 13.3 Å². The summed E-state index contributed by atoms with van der Waals surface area (Å²) >= 11 is 0. The van der Waals surface area contributed by atoms with Gasteiger partial charge in [-0.25, -0.2) is 0 Å². The summed E-state index contributed by atoms with van der Waals surface area (Å²) in [6.07, 6.45) is 11.0. The van der Waals surface area contributed by atoms with Crippen LogP contribution in [0.3, 0.4) is 0 Å².